The Kier molecular flexibility index (Phi) is 5.81. The molecule has 148 valence electrons. The number of nitrogens with zero attached hydrogens (tertiary/aromatic N) is 4. The van der Waals surface area contributed by atoms with Crippen LogP contribution >= 0.6 is 0 Å². The first-order valence-electron chi connectivity index (χ1n) is 10.3. The summed E-state index contributed by atoms with van der Waals surface area (Å²) in [4.78, 5) is 21.8. The molecule has 0 saturated carbocycles. The molecule has 0 aromatic heterocycles. The van der Waals surface area contributed by atoms with Gasteiger partial charge in [-0.1, -0.05) is 30.3 Å². The molecule has 2 saturated heterocycles. The monoisotopic (exact) mass is 378 g/mol. The fourth-order valence-corrected chi connectivity index (χ4v) is 4.04. The van der Waals surface area contributed by atoms with Crippen LogP contribution in [0.15, 0.2) is 54.6 Å². The summed E-state index contributed by atoms with van der Waals surface area (Å²) in [5.41, 5.74) is 3.66. The molecule has 2 aromatic carbocycles. The minimum Gasteiger partial charge on any atom is -0.369 e. The third-order valence-electron chi connectivity index (χ3n) is 5.91. The molecular formula is C23H30N4O. The number of hydrogen-bond acceptors (Lipinski definition) is 4. The van der Waals surface area contributed by atoms with Gasteiger partial charge in [0.1, 0.15) is 0 Å². The molecule has 0 aliphatic carbocycles. The highest BCUT2D eigenvalue weighted by Gasteiger charge is 2.21. The van der Waals surface area contributed by atoms with Crippen molar-refractivity contribution in [1.29, 1.82) is 0 Å². The zero-order valence-electron chi connectivity index (χ0n) is 16.8. The van der Waals surface area contributed by atoms with Gasteiger partial charge in [0.05, 0.1) is 6.42 Å². The first kappa shape index (κ1) is 18.8. The lowest BCUT2D eigenvalue weighted by Gasteiger charge is -2.37. The third kappa shape index (κ3) is 4.47. The van der Waals surface area contributed by atoms with Crippen molar-refractivity contribution in [3.05, 3.63) is 60.2 Å². The Morgan fingerprint density at radius 2 is 1.21 bits per heavy atom. The Morgan fingerprint density at radius 3 is 1.75 bits per heavy atom. The van der Waals surface area contributed by atoms with E-state index in [0.717, 1.165) is 57.9 Å². The van der Waals surface area contributed by atoms with Crippen molar-refractivity contribution in [2.24, 2.45) is 0 Å². The molecule has 2 aliphatic heterocycles. The molecule has 2 heterocycles. The van der Waals surface area contributed by atoms with Crippen molar-refractivity contribution in [2.45, 2.75) is 6.42 Å². The quantitative estimate of drug-likeness (QED) is 0.817. The summed E-state index contributed by atoms with van der Waals surface area (Å²) in [5, 5.41) is 0. The van der Waals surface area contributed by atoms with Gasteiger partial charge in [-0.05, 0) is 36.9 Å². The summed E-state index contributed by atoms with van der Waals surface area (Å²) in [6, 6.07) is 19.0. The molecule has 5 nitrogen and oxygen atoms in total. The maximum Gasteiger partial charge on any atom is 0.227 e. The van der Waals surface area contributed by atoms with Crippen LogP contribution in [0.25, 0.3) is 0 Å². The standard InChI is InChI=1S/C23H30N4O/c1-24-11-13-25(14-12-24)21-7-9-22(10-8-21)26-15-17-27(18-16-26)23(28)19-20-5-3-2-4-6-20/h2-10H,11-19H2,1H3. The van der Waals surface area contributed by atoms with E-state index < -0.39 is 0 Å². The van der Waals surface area contributed by atoms with E-state index in [2.05, 4.69) is 46.0 Å². The predicted molar refractivity (Wildman–Crippen MR) is 115 cm³/mol. The molecular weight excluding hydrogens is 348 g/mol. The van der Waals surface area contributed by atoms with Crippen LogP contribution in [-0.4, -0.2) is 75.1 Å². The summed E-state index contributed by atoms with van der Waals surface area (Å²) in [6.07, 6.45) is 0.501. The van der Waals surface area contributed by atoms with Crippen LogP contribution in [0, 0.1) is 0 Å². The lowest BCUT2D eigenvalue weighted by atomic mass is 10.1. The van der Waals surface area contributed by atoms with Gasteiger partial charge in [-0.3, -0.25) is 4.79 Å². The van der Waals surface area contributed by atoms with Crippen LogP contribution in [0.5, 0.6) is 0 Å². The minimum atomic E-state index is 0.233. The van der Waals surface area contributed by atoms with Crippen LogP contribution in [0.3, 0.4) is 0 Å². The van der Waals surface area contributed by atoms with Gasteiger partial charge in [0, 0.05) is 63.7 Å². The molecule has 4 rings (SSSR count). The van der Waals surface area contributed by atoms with Crippen molar-refractivity contribution in [3.63, 3.8) is 0 Å². The molecule has 2 aromatic rings. The van der Waals surface area contributed by atoms with Crippen molar-refractivity contribution in [3.8, 4) is 0 Å². The molecule has 2 aliphatic rings. The molecule has 1 amide bonds. The van der Waals surface area contributed by atoms with Crippen molar-refractivity contribution in [1.82, 2.24) is 9.80 Å². The number of hydrogen-bond donors (Lipinski definition) is 0. The van der Waals surface area contributed by atoms with E-state index in [1.807, 2.05) is 35.2 Å². The minimum absolute atomic E-state index is 0.233. The van der Waals surface area contributed by atoms with E-state index in [1.54, 1.807) is 0 Å². The number of carbonyl (C=O) groups excluding carboxylic acids is 1. The Bertz CT molecular complexity index is 761. The van der Waals surface area contributed by atoms with Gasteiger partial charge < -0.3 is 19.6 Å². The Hall–Kier alpha value is -2.53. The summed E-state index contributed by atoms with van der Waals surface area (Å²) in [7, 11) is 2.19. The summed E-state index contributed by atoms with van der Waals surface area (Å²) in [5.74, 6) is 0.233. The fraction of sp³-hybridized carbons (Fsp3) is 0.435. The van der Waals surface area contributed by atoms with Gasteiger partial charge in [-0.15, -0.1) is 0 Å². The lowest BCUT2D eigenvalue weighted by molar-refractivity contribution is -0.130. The summed E-state index contributed by atoms with van der Waals surface area (Å²) in [6.45, 7) is 7.83. The zero-order valence-corrected chi connectivity index (χ0v) is 16.8. The Morgan fingerprint density at radius 1 is 0.714 bits per heavy atom. The lowest BCUT2D eigenvalue weighted by Crippen LogP contribution is -2.49. The highest BCUT2D eigenvalue weighted by atomic mass is 16.2. The van der Waals surface area contributed by atoms with Crippen LogP contribution in [0.2, 0.25) is 0 Å². The predicted octanol–water partition coefficient (Wildman–Crippen LogP) is 2.33. The van der Waals surface area contributed by atoms with Gasteiger partial charge in [0.15, 0.2) is 0 Å². The topological polar surface area (TPSA) is 30.0 Å². The Balaban J connectivity index is 1.29. The van der Waals surface area contributed by atoms with E-state index in [4.69, 9.17) is 0 Å². The molecule has 0 N–H and O–H groups in total. The van der Waals surface area contributed by atoms with E-state index in [9.17, 15) is 4.79 Å². The van der Waals surface area contributed by atoms with E-state index >= 15 is 0 Å². The third-order valence-corrected chi connectivity index (χ3v) is 5.91. The maximum absolute atomic E-state index is 12.6. The summed E-state index contributed by atoms with van der Waals surface area (Å²) >= 11 is 0. The molecule has 0 unspecified atom stereocenters. The second-order valence-corrected chi connectivity index (χ2v) is 7.84. The van der Waals surface area contributed by atoms with Crippen LogP contribution in [-0.2, 0) is 11.2 Å². The van der Waals surface area contributed by atoms with Gasteiger partial charge in [-0.25, -0.2) is 0 Å². The molecule has 0 bridgehead atoms. The molecule has 0 radical (unpaired) electrons. The van der Waals surface area contributed by atoms with E-state index in [1.165, 1.54) is 11.4 Å². The van der Waals surface area contributed by atoms with Crippen LogP contribution in [0.1, 0.15) is 5.56 Å². The smallest absolute Gasteiger partial charge is 0.227 e. The number of anilines is 2. The van der Waals surface area contributed by atoms with Crippen LogP contribution in [0.4, 0.5) is 11.4 Å². The first-order chi connectivity index (χ1) is 13.7. The molecule has 0 spiro atoms. The van der Waals surface area contributed by atoms with Gasteiger partial charge >= 0.3 is 0 Å². The Labute approximate surface area is 168 Å². The fourth-order valence-electron chi connectivity index (χ4n) is 4.04. The highest BCUT2D eigenvalue weighted by Crippen LogP contribution is 2.23. The van der Waals surface area contributed by atoms with E-state index in [0.29, 0.717) is 6.42 Å². The number of benzene rings is 2. The van der Waals surface area contributed by atoms with Crippen molar-refractivity contribution < 1.29 is 4.79 Å². The van der Waals surface area contributed by atoms with Crippen LogP contribution < -0.4 is 9.80 Å². The average Bonchev–Trinajstić information content (AvgIpc) is 2.75. The zero-order chi connectivity index (χ0) is 19.3. The SMILES string of the molecule is CN1CCN(c2ccc(N3CCN(C(=O)Cc4ccccc4)CC3)cc2)CC1. The number of amides is 1. The number of likely N-dealkylation sites (N-methyl/N-ethyl adjacent to an activating group) is 1. The van der Waals surface area contributed by atoms with Gasteiger partial charge in [0.2, 0.25) is 5.91 Å². The molecule has 28 heavy (non-hydrogen) atoms. The van der Waals surface area contributed by atoms with Crippen molar-refractivity contribution in [2.75, 3.05) is 69.2 Å². The normalized spacial score (nSPS) is 18.4. The maximum atomic E-state index is 12.6. The van der Waals surface area contributed by atoms with E-state index in [-0.39, 0.29) is 5.91 Å². The second kappa shape index (κ2) is 8.65. The van der Waals surface area contributed by atoms with Gasteiger partial charge in [0.25, 0.3) is 0 Å². The molecule has 5 heteroatoms. The molecule has 0 atom stereocenters. The largest absolute Gasteiger partial charge is 0.369 e. The second-order valence-electron chi connectivity index (χ2n) is 7.84. The number of rotatable bonds is 4. The average molecular weight is 379 g/mol. The van der Waals surface area contributed by atoms with Crippen molar-refractivity contribution >= 4 is 17.3 Å². The summed E-state index contributed by atoms with van der Waals surface area (Å²) < 4.78 is 0. The molecule has 2 fully saturated rings. The highest BCUT2D eigenvalue weighted by molar-refractivity contribution is 5.79. The first-order valence-corrected chi connectivity index (χ1v) is 10.3. The number of carbonyl (C=O) groups is 1. The van der Waals surface area contributed by atoms with Gasteiger partial charge in [-0.2, -0.15) is 0 Å². The number of piperazine rings is 2.